The highest BCUT2D eigenvalue weighted by Gasteiger charge is 2.11. The number of benzene rings is 2. The molecule has 2 aromatic rings. The Balaban J connectivity index is 2.17. The fourth-order valence-electron chi connectivity index (χ4n) is 1.74. The molecule has 0 atom stereocenters. The van der Waals surface area contributed by atoms with E-state index in [1.165, 1.54) is 25.3 Å². The van der Waals surface area contributed by atoms with Crippen molar-refractivity contribution in [2.75, 3.05) is 7.11 Å². The fraction of sp³-hybridized carbons (Fsp3) is 0.200. The molecular formula is C15H13ClF2O2. The highest BCUT2D eigenvalue weighted by Crippen LogP contribution is 2.26. The molecule has 2 rings (SSSR count). The van der Waals surface area contributed by atoms with Gasteiger partial charge in [0.05, 0.1) is 13.0 Å². The summed E-state index contributed by atoms with van der Waals surface area (Å²) in [6, 6.07) is 8.89. The minimum Gasteiger partial charge on any atom is -0.497 e. The van der Waals surface area contributed by atoms with Crippen LogP contribution in [0.4, 0.5) is 8.78 Å². The topological polar surface area (TPSA) is 18.5 Å². The van der Waals surface area contributed by atoms with Crippen molar-refractivity contribution in [3.05, 3.63) is 59.2 Å². The Morgan fingerprint density at radius 1 is 1.05 bits per heavy atom. The van der Waals surface area contributed by atoms with Gasteiger partial charge in [-0.15, -0.1) is 11.6 Å². The largest absolute Gasteiger partial charge is 0.497 e. The summed E-state index contributed by atoms with van der Waals surface area (Å²) >= 11 is 5.72. The van der Waals surface area contributed by atoms with Gasteiger partial charge in [0.15, 0.2) is 11.6 Å². The molecule has 0 fully saturated rings. The van der Waals surface area contributed by atoms with Crippen LogP contribution in [0.1, 0.15) is 11.1 Å². The van der Waals surface area contributed by atoms with E-state index in [-0.39, 0.29) is 18.2 Å². The zero-order valence-corrected chi connectivity index (χ0v) is 11.6. The summed E-state index contributed by atoms with van der Waals surface area (Å²) in [7, 11) is 1.46. The zero-order chi connectivity index (χ0) is 14.5. The van der Waals surface area contributed by atoms with Gasteiger partial charge in [0.25, 0.3) is 0 Å². The van der Waals surface area contributed by atoms with E-state index in [4.69, 9.17) is 21.1 Å². The summed E-state index contributed by atoms with van der Waals surface area (Å²) in [6.45, 7) is -0.0827. The van der Waals surface area contributed by atoms with Gasteiger partial charge in [-0.25, -0.2) is 8.78 Å². The van der Waals surface area contributed by atoms with E-state index in [9.17, 15) is 8.78 Å². The summed E-state index contributed by atoms with van der Waals surface area (Å²) in [5.74, 6) is -0.389. The lowest BCUT2D eigenvalue weighted by Crippen LogP contribution is -2.02. The van der Waals surface area contributed by atoms with Gasteiger partial charge in [-0.3, -0.25) is 0 Å². The Bertz CT molecular complexity index is 602. The van der Waals surface area contributed by atoms with E-state index < -0.39 is 11.6 Å². The minimum atomic E-state index is -0.517. The third kappa shape index (κ3) is 3.20. The Morgan fingerprint density at radius 2 is 1.85 bits per heavy atom. The van der Waals surface area contributed by atoms with Crippen LogP contribution in [-0.2, 0) is 12.5 Å². The van der Waals surface area contributed by atoms with Gasteiger partial charge in [-0.2, -0.15) is 0 Å². The molecule has 0 bridgehead atoms. The van der Waals surface area contributed by atoms with Crippen molar-refractivity contribution in [1.29, 1.82) is 0 Å². The van der Waals surface area contributed by atoms with E-state index in [0.717, 1.165) is 0 Å². The molecule has 0 N–H and O–H groups in total. The molecular weight excluding hydrogens is 286 g/mol. The van der Waals surface area contributed by atoms with Crippen molar-refractivity contribution < 1.29 is 18.3 Å². The second kappa shape index (κ2) is 6.57. The molecule has 5 heteroatoms. The number of methoxy groups -OCH3 is 1. The van der Waals surface area contributed by atoms with Crippen LogP contribution in [0.2, 0.25) is 0 Å². The second-order valence-electron chi connectivity index (χ2n) is 4.11. The monoisotopic (exact) mass is 298 g/mol. The van der Waals surface area contributed by atoms with Crippen molar-refractivity contribution in [1.82, 2.24) is 0 Å². The maximum atomic E-state index is 13.7. The second-order valence-corrected chi connectivity index (χ2v) is 4.37. The molecule has 2 nitrogen and oxygen atoms in total. The lowest BCUT2D eigenvalue weighted by Gasteiger charge is -2.12. The van der Waals surface area contributed by atoms with Gasteiger partial charge in [-0.05, 0) is 18.2 Å². The number of alkyl halides is 1. The van der Waals surface area contributed by atoms with Crippen LogP contribution >= 0.6 is 11.6 Å². The molecule has 106 valence electrons. The van der Waals surface area contributed by atoms with Crippen molar-refractivity contribution in [3.63, 3.8) is 0 Å². The maximum Gasteiger partial charge on any atom is 0.165 e. The molecule has 0 unspecified atom stereocenters. The van der Waals surface area contributed by atoms with E-state index in [1.807, 2.05) is 0 Å². The average Bonchev–Trinajstić information content (AvgIpc) is 2.46. The summed E-state index contributed by atoms with van der Waals surface area (Å²) < 4.78 is 37.7. The van der Waals surface area contributed by atoms with E-state index in [0.29, 0.717) is 16.9 Å². The number of hydrogen-bond acceptors (Lipinski definition) is 2. The SMILES string of the molecule is COc1ccc(COc2c(F)cccc2CCl)c(F)c1. The van der Waals surface area contributed by atoms with Crippen LogP contribution in [0, 0.1) is 11.6 Å². The number of ether oxygens (including phenoxy) is 2. The first kappa shape index (κ1) is 14.6. The molecule has 0 aliphatic rings. The van der Waals surface area contributed by atoms with Crippen molar-refractivity contribution in [2.45, 2.75) is 12.5 Å². The van der Waals surface area contributed by atoms with E-state index in [2.05, 4.69) is 0 Å². The Hall–Kier alpha value is -1.81. The van der Waals surface area contributed by atoms with E-state index in [1.54, 1.807) is 18.2 Å². The van der Waals surface area contributed by atoms with Crippen LogP contribution < -0.4 is 9.47 Å². The first-order chi connectivity index (χ1) is 9.65. The first-order valence-electron chi connectivity index (χ1n) is 5.94. The molecule has 20 heavy (non-hydrogen) atoms. The van der Waals surface area contributed by atoms with Crippen molar-refractivity contribution in [2.24, 2.45) is 0 Å². The maximum absolute atomic E-state index is 13.7. The summed E-state index contributed by atoms with van der Waals surface area (Å²) in [4.78, 5) is 0. The standard InChI is InChI=1S/C15H13ClF2O2/c1-19-12-6-5-11(14(18)7-12)9-20-15-10(8-16)3-2-4-13(15)17/h2-7H,8-9H2,1H3. The van der Waals surface area contributed by atoms with Crippen LogP contribution in [-0.4, -0.2) is 7.11 Å². The minimum absolute atomic E-state index is 0.0534. The Kier molecular flexibility index (Phi) is 4.79. The van der Waals surface area contributed by atoms with Gasteiger partial charge >= 0.3 is 0 Å². The summed E-state index contributed by atoms with van der Waals surface area (Å²) in [5.41, 5.74) is 0.843. The molecule has 0 aromatic heterocycles. The lowest BCUT2D eigenvalue weighted by atomic mass is 10.2. The molecule has 2 aromatic carbocycles. The highest BCUT2D eigenvalue weighted by atomic mass is 35.5. The third-order valence-corrected chi connectivity index (χ3v) is 3.11. The smallest absolute Gasteiger partial charge is 0.165 e. The fourth-order valence-corrected chi connectivity index (χ4v) is 1.95. The lowest BCUT2D eigenvalue weighted by molar-refractivity contribution is 0.282. The number of halogens is 3. The Morgan fingerprint density at radius 3 is 2.50 bits per heavy atom. The first-order valence-corrected chi connectivity index (χ1v) is 6.47. The Labute approximate surface area is 120 Å². The molecule has 0 heterocycles. The van der Waals surface area contributed by atoms with Gasteiger partial charge in [-0.1, -0.05) is 12.1 Å². The van der Waals surface area contributed by atoms with Crippen LogP contribution in [0.3, 0.4) is 0 Å². The van der Waals surface area contributed by atoms with Gasteiger partial charge in [0, 0.05) is 17.2 Å². The quantitative estimate of drug-likeness (QED) is 0.767. The van der Waals surface area contributed by atoms with Crippen LogP contribution in [0.5, 0.6) is 11.5 Å². The molecule has 0 radical (unpaired) electrons. The average molecular weight is 299 g/mol. The molecule has 0 aliphatic heterocycles. The predicted molar refractivity (Wildman–Crippen MR) is 73.2 cm³/mol. The summed E-state index contributed by atoms with van der Waals surface area (Å²) in [6.07, 6.45) is 0. The zero-order valence-electron chi connectivity index (χ0n) is 10.8. The van der Waals surface area contributed by atoms with Gasteiger partial charge < -0.3 is 9.47 Å². The predicted octanol–water partition coefficient (Wildman–Crippen LogP) is 4.29. The van der Waals surface area contributed by atoms with Crippen LogP contribution in [0.15, 0.2) is 36.4 Å². The number of para-hydroxylation sites is 1. The number of rotatable bonds is 5. The molecule has 0 spiro atoms. The van der Waals surface area contributed by atoms with Crippen molar-refractivity contribution >= 4 is 11.6 Å². The molecule has 0 saturated heterocycles. The number of hydrogen-bond donors (Lipinski definition) is 0. The van der Waals surface area contributed by atoms with Crippen LogP contribution in [0.25, 0.3) is 0 Å². The molecule has 0 saturated carbocycles. The highest BCUT2D eigenvalue weighted by molar-refractivity contribution is 6.17. The molecule has 0 aliphatic carbocycles. The van der Waals surface area contributed by atoms with E-state index >= 15 is 0 Å². The normalized spacial score (nSPS) is 10.4. The molecule has 0 amide bonds. The van der Waals surface area contributed by atoms with Crippen molar-refractivity contribution in [3.8, 4) is 11.5 Å². The van der Waals surface area contributed by atoms with Gasteiger partial charge in [0.2, 0.25) is 0 Å². The third-order valence-electron chi connectivity index (χ3n) is 2.82. The van der Waals surface area contributed by atoms with Gasteiger partial charge in [0.1, 0.15) is 18.2 Å². The summed E-state index contributed by atoms with van der Waals surface area (Å²) in [5, 5.41) is 0.